The molecule has 100 valence electrons. The molecule has 1 N–H and O–H groups in total. The molecule has 2 aliphatic rings. The second-order valence-electron chi connectivity index (χ2n) is 6.29. The van der Waals surface area contributed by atoms with Crippen molar-refractivity contribution in [2.45, 2.75) is 52.0 Å². The number of carbonyl (C=O) groups excluding carboxylic acids is 1. The zero-order valence-electron chi connectivity index (χ0n) is 11.2. The summed E-state index contributed by atoms with van der Waals surface area (Å²) in [5.41, 5.74) is -0.105. The molecule has 0 aliphatic carbocycles. The van der Waals surface area contributed by atoms with Crippen molar-refractivity contribution in [1.82, 2.24) is 10.2 Å². The molecular weight excluding hydrogens is 236 g/mol. The highest BCUT2D eigenvalue weighted by Gasteiger charge is 2.46. The molecule has 3 nitrogen and oxygen atoms in total. The highest BCUT2D eigenvalue weighted by molar-refractivity contribution is 5.85. The van der Waals surface area contributed by atoms with Crippen LogP contribution in [0.4, 0.5) is 0 Å². The highest BCUT2D eigenvalue weighted by Crippen LogP contribution is 2.39. The molecule has 0 aromatic rings. The zero-order chi connectivity index (χ0) is 11.8. The number of nitrogens with one attached hydrogen (secondary N) is 1. The predicted molar refractivity (Wildman–Crippen MR) is 72.5 cm³/mol. The van der Waals surface area contributed by atoms with Crippen LogP contribution in [0.25, 0.3) is 0 Å². The molecule has 2 rings (SSSR count). The fourth-order valence-corrected chi connectivity index (χ4v) is 3.07. The van der Waals surface area contributed by atoms with Gasteiger partial charge in [-0.05, 0) is 53.0 Å². The molecule has 2 aliphatic heterocycles. The van der Waals surface area contributed by atoms with Gasteiger partial charge >= 0.3 is 0 Å². The van der Waals surface area contributed by atoms with Gasteiger partial charge in [-0.25, -0.2) is 0 Å². The monoisotopic (exact) mass is 260 g/mol. The molecule has 1 amide bonds. The number of halogens is 1. The van der Waals surface area contributed by atoms with E-state index in [1.165, 1.54) is 0 Å². The van der Waals surface area contributed by atoms with Crippen molar-refractivity contribution in [1.29, 1.82) is 0 Å². The maximum atomic E-state index is 12.6. The topological polar surface area (TPSA) is 32.3 Å². The quantitative estimate of drug-likeness (QED) is 0.724. The van der Waals surface area contributed by atoms with E-state index in [0.717, 1.165) is 45.3 Å². The molecule has 1 unspecified atom stereocenters. The van der Waals surface area contributed by atoms with Gasteiger partial charge in [0.25, 0.3) is 0 Å². The maximum absolute atomic E-state index is 12.6. The molecule has 4 heteroatoms. The molecule has 1 atom stereocenters. The van der Waals surface area contributed by atoms with Crippen LogP contribution in [0.5, 0.6) is 0 Å². The Balaban J connectivity index is 0.00000144. The van der Waals surface area contributed by atoms with Crippen molar-refractivity contribution in [3.63, 3.8) is 0 Å². The normalized spacial score (nSPS) is 30.3. The summed E-state index contributed by atoms with van der Waals surface area (Å²) >= 11 is 0. The molecular formula is C13H25ClN2O. The zero-order valence-corrected chi connectivity index (χ0v) is 12.0. The van der Waals surface area contributed by atoms with E-state index < -0.39 is 0 Å². The Morgan fingerprint density at radius 2 is 1.88 bits per heavy atom. The first kappa shape index (κ1) is 14.8. The largest absolute Gasteiger partial charge is 0.337 e. The van der Waals surface area contributed by atoms with Gasteiger partial charge in [-0.2, -0.15) is 0 Å². The molecule has 17 heavy (non-hydrogen) atoms. The van der Waals surface area contributed by atoms with E-state index in [9.17, 15) is 4.79 Å². The van der Waals surface area contributed by atoms with Gasteiger partial charge in [0.15, 0.2) is 0 Å². The summed E-state index contributed by atoms with van der Waals surface area (Å²) in [6.07, 6.45) is 4.45. The third kappa shape index (κ3) is 2.76. The number of likely N-dealkylation sites (tertiary alicyclic amines) is 1. The summed E-state index contributed by atoms with van der Waals surface area (Å²) in [6.45, 7) is 9.31. The minimum Gasteiger partial charge on any atom is -0.337 e. The summed E-state index contributed by atoms with van der Waals surface area (Å²) in [5.74, 6) is 0.387. The van der Waals surface area contributed by atoms with Crippen LogP contribution in [0.2, 0.25) is 0 Å². The predicted octanol–water partition coefficient (Wildman–Crippen LogP) is 2.20. The first-order valence-corrected chi connectivity index (χ1v) is 6.49. The Kier molecular flexibility index (Phi) is 4.48. The minimum atomic E-state index is -0.0796. The summed E-state index contributed by atoms with van der Waals surface area (Å²) in [5, 5.41) is 3.40. The third-order valence-corrected chi connectivity index (χ3v) is 4.02. The molecule has 0 aromatic carbocycles. The van der Waals surface area contributed by atoms with Crippen molar-refractivity contribution in [2.75, 3.05) is 19.6 Å². The molecule has 1 spiro atoms. The van der Waals surface area contributed by atoms with Crippen LogP contribution in [-0.2, 0) is 4.79 Å². The van der Waals surface area contributed by atoms with Gasteiger partial charge in [0, 0.05) is 18.6 Å². The molecule has 2 fully saturated rings. The average Bonchev–Trinajstić information content (AvgIpc) is 2.22. The Hall–Kier alpha value is -0.280. The summed E-state index contributed by atoms with van der Waals surface area (Å²) in [6, 6.07) is 0. The van der Waals surface area contributed by atoms with Gasteiger partial charge < -0.3 is 10.2 Å². The number of nitrogens with zero attached hydrogens (tertiary/aromatic N) is 1. The lowest BCUT2D eigenvalue weighted by Crippen LogP contribution is -2.59. The van der Waals surface area contributed by atoms with Crippen molar-refractivity contribution < 1.29 is 4.79 Å². The van der Waals surface area contributed by atoms with Crippen LogP contribution < -0.4 is 5.32 Å². The number of piperidine rings is 2. The number of amides is 1. The Morgan fingerprint density at radius 1 is 1.24 bits per heavy atom. The molecule has 0 bridgehead atoms. The van der Waals surface area contributed by atoms with Crippen LogP contribution in [0.15, 0.2) is 0 Å². The van der Waals surface area contributed by atoms with Crippen LogP contribution in [0.3, 0.4) is 0 Å². The van der Waals surface area contributed by atoms with Crippen LogP contribution in [0.1, 0.15) is 46.5 Å². The van der Waals surface area contributed by atoms with Crippen LogP contribution in [0, 0.1) is 5.41 Å². The summed E-state index contributed by atoms with van der Waals surface area (Å²) in [7, 11) is 0. The average molecular weight is 261 g/mol. The Labute approximate surface area is 111 Å². The Bertz CT molecular complexity index is 274. The van der Waals surface area contributed by atoms with Crippen molar-refractivity contribution >= 4 is 18.3 Å². The standard InChI is InChI=1S/C13H24N2O.ClH/c1-12(2,3)15-9-5-7-13(11(15)16)6-4-8-14-10-13;/h14H,4-10H2,1-3H3;1H. The molecule has 0 aromatic heterocycles. The van der Waals surface area contributed by atoms with E-state index in [1.54, 1.807) is 0 Å². The Morgan fingerprint density at radius 3 is 2.41 bits per heavy atom. The van der Waals surface area contributed by atoms with Gasteiger partial charge in [-0.3, -0.25) is 4.79 Å². The summed E-state index contributed by atoms with van der Waals surface area (Å²) < 4.78 is 0. The van der Waals surface area contributed by atoms with Crippen LogP contribution >= 0.6 is 12.4 Å². The van der Waals surface area contributed by atoms with Crippen molar-refractivity contribution in [2.24, 2.45) is 5.41 Å². The molecule has 0 radical (unpaired) electrons. The smallest absolute Gasteiger partial charge is 0.230 e. The van der Waals surface area contributed by atoms with E-state index in [0.29, 0.717) is 5.91 Å². The number of hydrogen-bond donors (Lipinski definition) is 1. The lowest BCUT2D eigenvalue weighted by Gasteiger charge is -2.48. The minimum absolute atomic E-state index is 0. The fraction of sp³-hybridized carbons (Fsp3) is 0.923. The first-order chi connectivity index (χ1) is 7.46. The second-order valence-corrected chi connectivity index (χ2v) is 6.29. The molecule has 2 heterocycles. The van der Waals surface area contributed by atoms with Gasteiger partial charge in [0.2, 0.25) is 5.91 Å². The van der Waals surface area contributed by atoms with Crippen molar-refractivity contribution in [3.8, 4) is 0 Å². The van der Waals surface area contributed by atoms with Gasteiger partial charge in [-0.1, -0.05) is 0 Å². The van der Waals surface area contributed by atoms with E-state index in [4.69, 9.17) is 0 Å². The van der Waals surface area contributed by atoms with Gasteiger partial charge in [0.1, 0.15) is 0 Å². The number of rotatable bonds is 0. The third-order valence-electron chi connectivity index (χ3n) is 4.02. The van der Waals surface area contributed by atoms with E-state index in [1.807, 2.05) is 0 Å². The molecule has 0 saturated carbocycles. The lowest BCUT2D eigenvalue weighted by atomic mass is 9.72. The second kappa shape index (κ2) is 5.15. The maximum Gasteiger partial charge on any atom is 0.230 e. The number of carbonyl (C=O) groups is 1. The lowest BCUT2D eigenvalue weighted by molar-refractivity contribution is -0.153. The number of hydrogen-bond acceptors (Lipinski definition) is 2. The highest BCUT2D eigenvalue weighted by atomic mass is 35.5. The van der Waals surface area contributed by atoms with Gasteiger partial charge in [-0.15, -0.1) is 12.4 Å². The molecule has 2 saturated heterocycles. The fourth-order valence-electron chi connectivity index (χ4n) is 3.07. The summed E-state index contributed by atoms with van der Waals surface area (Å²) in [4.78, 5) is 14.7. The van der Waals surface area contributed by atoms with Gasteiger partial charge in [0.05, 0.1) is 5.41 Å². The first-order valence-electron chi connectivity index (χ1n) is 6.49. The van der Waals surface area contributed by atoms with Crippen LogP contribution in [-0.4, -0.2) is 36.0 Å². The van der Waals surface area contributed by atoms with E-state index in [-0.39, 0.29) is 23.4 Å². The van der Waals surface area contributed by atoms with E-state index >= 15 is 0 Å². The van der Waals surface area contributed by atoms with Crippen molar-refractivity contribution in [3.05, 3.63) is 0 Å². The van der Waals surface area contributed by atoms with E-state index in [2.05, 4.69) is 31.0 Å². The SMILES string of the molecule is CC(C)(C)N1CCCC2(CCCNC2)C1=O.Cl.